The molecule has 1 saturated heterocycles. The lowest BCUT2D eigenvalue weighted by Gasteiger charge is -2.25. The Morgan fingerprint density at radius 3 is 2.69 bits per heavy atom. The zero-order chi connectivity index (χ0) is 17.9. The molecule has 5 heteroatoms. The SMILES string of the molecule is COc1ccccc1C1SCCN1C(=O)Nc1ccc2ccccc2c1. The van der Waals surface area contributed by atoms with Gasteiger partial charge in [0.15, 0.2) is 0 Å². The van der Waals surface area contributed by atoms with E-state index in [1.807, 2.05) is 65.6 Å². The van der Waals surface area contributed by atoms with Crippen molar-refractivity contribution in [2.45, 2.75) is 5.37 Å². The fourth-order valence-corrected chi connectivity index (χ4v) is 4.55. The number of methoxy groups -OCH3 is 1. The Kier molecular flexibility index (Phi) is 4.71. The van der Waals surface area contributed by atoms with Gasteiger partial charge < -0.3 is 15.0 Å². The number of ether oxygens (including phenoxy) is 1. The lowest BCUT2D eigenvalue weighted by molar-refractivity contribution is 0.213. The molecule has 0 aromatic heterocycles. The number of rotatable bonds is 3. The van der Waals surface area contributed by atoms with E-state index in [-0.39, 0.29) is 11.4 Å². The van der Waals surface area contributed by atoms with Gasteiger partial charge in [-0.25, -0.2) is 4.79 Å². The van der Waals surface area contributed by atoms with Crippen LogP contribution >= 0.6 is 11.8 Å². The van der Waals surface area contributed by atoms with Crippen molar-refractivity contribution in [3.05, 3.63) is 72.3 Å². The first-order valence-electron chi connectivity index (χ1n) is 8.57. The molecule has 1 aliphatic rings. The van der Waals surface area contributed by atoms with Crippen LogP contribution in [0.2, 0.25) is 0 Å². The topological polar surface area (TPSA) is 41.6 Å². The summed E-state index contributed by atoms with van der Waals surface area (Å²) >= 11 is 1.76. The van der Waals surface area contributed by atoms with Crippen molar-refractivity contribution >= 4 is 34.3 Å². The number of benzene rings is 3. The van der Waals surface area contributed by atoms with Crippen LogP contribution in [0, 0.1) is 0 Å². The molecule has 1 N–H and O–H groups in total. The molecule has 0 aliphatic carbocycles. The van der Waals surface area contributed by atoms with Crippen LogP contribution in [-0.4, -0.2) is 30.3 Å². The molecule has 0 bridgehead atoms. The molecule has 1 heterocycles. The quantitative estimate of drug-likeness (QED) is 0.701. The van der Waals surface area contributed by atoms with Gasteiger partial charge in [0.2, 0.25) is 0 Å². The highest BCUT2D eigenvalue weighted by atomic mass is 32.2. The van der Waals surface area contributed by atoms with Gasteiger partial charge in [-0.05, 0) is 29.0 Å². The van der Waals surface area contributed by atoms with Crippen LogP contribution in [0.5, 0.6) is 5.75 Å². The standard InChI is InChI=1S/C21H20N2O2S/c1-25-19-9-5-4-8-18(19)20-23(12-13-26-20)21(24)22-17-11-10-15-6-2-3-7-16(15)14-17/h2-11,14,20H,12-13H2,1H3,(H,22,24). The van der Waals surface area contributed by atoms with Gasteiger partial charge in [0, 0.05) is 23.5 Å². The first-order valence-corrected chi connectivity index (χ1v) is 9.62. The number of urea groups is 1. The van der Waals surface area contributed by atoms with Crippen LogP contribution in [-0.2, 0) is 0 Å². The maximum absolute atomic E-state index is 12.9. The Morgan fingerprint density at radius 1 is 1.08 bits per heavy atom. The zero-order valence-corrected chi connectivity index (χ0v) is 15.3. The third kappa shape index (κ3) is 3.22. The summed E-state index contributed by atoms with van der Waals surface area (Å²) in [5, 5.41) is 5.29. The first kappa shape index (κ1) is 16.8. The van der Waals surface area contributed by atoms with Gasteiger partial charge in [-0.3, -0.25) is 0 Å². The highest BCUT2D eigenvalue weighted by molar-refractivity contribution is 7.99. The van der Waals surface area contributed by atoms with Crippen LogP contribution in [0.15, 0.2) is 66.7 Å². The van der Waals surface area contributed by atoms with E-state index in [0.717, 1.165) is 33.5 Å². The zero-order valence-electron chi connectivity index (χ0n) is 14.5. The van der Waals surface area contributed by atoms with Gasteiger partial charge in [-0.1, -0.05) is 48.5 Å². The van der Waals surface area contributed by atoms with Crippen LogP contribution in [0.1, 0.15) is 10.9 Å². The lowest BCUT2D eigenvalue weighted by Crippen LogP contribution is -2.34. The van der Waals surface area contributed by atoms with Gasteiger partial charge in [0.1, 0.15) is 11.1 Å². The van der Waals surface area contributed by atoms with E-state index in [0.29, 0.717) is 6.54 Å². The predicted molar refractivity (Wildman–Crippen MR) is 108 cm³/mol. The first-order chi connectivity index (χ1) is 12.8. The van der Waals surface area contributed by atoms with Crippen molar-refractivity contribution in [1.29, 1.82) is 0 Å². The van der Waals surface area contributed by atoms with E-state index in [9.17, 15) is 4.79 Å². The monoisotopic (exact) mass is 364 g/mol. The minimum absolute atomic E-state index is 0.0355. The van der Waals surface area contributed by atoms with E-state index in [2.05, 4.69) is 11.4 Å². The summed E-state index contributed by atoms with van der Waals surface area (Å²) in [6.45, 7) is 0.715. The van der Waals surface area contributed by atoms with Crippen molar-refractivity contribution in [2.75, 3.05) is 24.7 Å². The number of hydrogen-bond acceptors (Lipinski definition) is 3. The smallest absolute Gasteiger partial charge is 0.323 e. The van der Waals surface area contributed by atoms with Crippen LogP contribution in [0.4, 0.5) is 10.5 Å². The highest BCUT2D eigenvalue weighted by Crippen LogP contribution is 2.42. The molecule has 3 aromatic rings. The second-order valence-electron chi connectivity index (χ2n) is 6.15. The van der Waals surface area contributed by atoms with Gasteiger partial charge >= 0.3 is 6.03 Å². The Balaban J connectivity index is 1.56. The second kappa shape index (κ2) is 7.30. The molecule has 2 amide bonds. The number of anilines is 1. The number of amides is 2. The number of para-hydroxylation sites is 1. The molecule has 3 aromatic carbocycles. The summed E-state index contributed by atoms with van der Waals surface area (Å²) in [6.07, 6.45) is 0. The highest BCUT2D eigenvalue weighted by Gasteiger charge is 2.32. The number of thioether (sulfide) groups is 1. The Hall–Kier alpha value is -2.66. The Labute approximate surface area is 157 Å². The molecule has 0 saturated carbocycles. The fraction of sp³-hybridized carbons (Fsp3) is 0.190. The molecular weight excluding hydrogens is 344 g/mol. The van der Waals surface area contributed by atoms with Crippen molar-refractivity contribution in [2.24, 2.45) is 0 Å². The molecule has 1 atom stereocenters. The summed E-state index contributed by atoms with van der Waals surface area (Å²) in [5.74, 6) is 1.73. The molecule has 1 aliphatic heterocycles. The number of carbonyl (C=O) groups excluding carboxylic acids is 1. The van der Waals surface area contributed by atoms with E-state index < -0.39 is 0 Å². The third-order valence-electron chi connectivity index (χ3n) is 4.56. The van der Waals surface area contributed by atoms with Gasteiger partial charge in [0.25, 0.3) is 0 Å². The summed E-state index contributed by atoms with van der Waals surface area (Å²) < 4.78 is 5.48. The summed E-state index contributed by atoms with van der Waals surface area (Å²) in [7, 11) is 1.66. The summed E-state index contributed by atoms with van der Waals surface area (Å²) in [4.78, 5) is 14.8. The largest absolute Gasteiger partial charge is 0.496 e. The molecular formula is C21H20N2O2S. The van der Waals surface area contributed by atoms with Crippen molar-refractivity contribution in [3.63, 3.8) is 0 Å². The molecule has 26 heavy (non-hydrogen) atoms. The number of fused-ring (bicyclic) bond motifs is 1. The molecule has 4 rings (SSSR count). The molecule has 1 unspecified atom stereocenters. The third-order valence-corrected chi connectivity index (χ3v) is 5.80. The minimum atomic E-state index is -0.0822. The molecule has 0 spiro atoms. The van der Waals surface area contributed by atoms with E-state index in [4.69, 9.17) is 4.74 Å². The summed E-state index contributed by atoms with van der Waals surface area (Å²) in [5.41, 5.74) is 1.84. The van der Waals surface area contributed by atoms with Gasteiger partial charge in [0.05, 0.1) is 7.11 Å². The van der Waals surface area contributed by atoms with Crippen molar-refractivity contribution in [3.8, 4) is 5.75 Å². The number of hydrogen-bond donors (Lipinski definition) is 1. The maximum Gasteiger partial charge on any atom is 0.323 e. The fourth-order valence-electron chi connectivity index (χ4n) is 3.27. The van der Waals surface area contributed by atoms with Crippen LogP contribution in [0.3, 0.4) is 0 Å². The van der Waals surface area contributed by atoms with E-state index in [1.54, 1.807) is 18.9 Å². The Morgan fingerprint density at radius 2 is 1.85 bits per heavy atom. The molecule has 132 valence electrons. The average Bonchev–Trinajstić information content (AvgIpc) is 3.17. The maximum atomic E-state index is 12.9. The molecule has 0 radical (unpaired) electrons. The van der Waals surface area contributed by atoms with Gasteiger partial charge in [-0.2, -0.15) is 0 Å². The van der Waals surface area contributed by atoms with E-state index in [1.165, 1.54) is 0 Å². The number of carbonyl (C=O) groups is 1. The number of nitrogens with one attached hydrogen (secondary N) is 1. The average molecular weight is 364 g/mol. The second-order valence-corrected chi connectivity index (χ2v) is 7.34. The van der Waals surface area contributed by atoms with Crippen molar-refractivity contribution in [1.82, 2.24) is 4.90 Å². The Bertz CT molecular complexity index is 944. The minimum Gasteiger partial charge on any atom is -0.496 e. The summed E-state index contributed by atoms with van der Waals surface area (Å²) in [6, 6.07) is 21.9. The normalized spacial score (nSPS) is 16.7. The van der Waals surface area contributed by atoms with Gasteiger partial charge in [-0.15, -0.1) is 11.8 Å². The number of nitrogens with zero attached hydrogens (tertiary/aromatic N) is 1. The van der Waals surface area contributed by atoms with E-state index >= 15 is 0 Å². The van der Waals surface area contributed by atoms with Crippen molar-refractivity contribution < 1.29 is 9.53 Å². The predicted octanol–water partition coefficient (Wildman–Crippen LogP) is 5.13. The lowest BCUT2D eigenvalue weighted by atomic mass is 10.1. The molecule has 1 fully saturated rings. The van der Waals surface area contributed by atoms with Crippen LogP contribution in [0.25, 0.3) is 10.8 Å². The van der Waals surface area contributed by atoms with Crippen LogP contribution < -0.4 is 10.1 Å². The molecule has 4 nitrogen and oxygen atoms in total.